The maximum absolute atomic E-state index is 12.5. The molecule has 0 fully saturated rings. The molecule has 3 N–H and O–H groups in total. The van der Waals surface area contributed by atoms with Crippen molar-refractivity contribution in [3.63, 3.8) is 0 Å². The van der Waals surface area contributed by atoms with Crippen molar-refractivity contribution < 1.29 is 17.9 Å². The van der Waals surface area contributed by atoms with Crippen molar-refractivity contribution in [2.45, 2.75) is 27.3 Å². The van der Waals surface area contributed by atoms with Gasteiger partial charge in [-0.2, -0.15) is 28.1 Å². The van der Waals surface area contributed by atoms with Gasteiger partial charge in [0.15, 0.2) is 0 Å². The zero-order valence-electron chi connectivity index (χ0n) is 14.6. The number of methoxy groups -OCH3 is 1. The van der Waals surface area contributed by atoms with E-state index in [1.54, 1.807) is 19.9 Å². The molecule has 2 heterocycles. The zero-order chi connectivity index (χ0) is 19.5. The second-order valence-electron chi connectivity index (χ2n) is 5.17. The molecular formula is C13H18N8O4S. The number of rotatable bonds is 6. The number of amides is 2. The molecule has 140 valence electrons. The largest absolute Gasteiger partial charge is 0.467 e. The van der Waals surface area contributed by atoms with Crippen molar-refractivity contribution in [2.24, 2.45) is 5.73 Å². The van der Waals surface area contributed by atoms with Crippen LogP contribution in [0.1, 0.15) is 23.0 Å². The van der Waals surface area contributed by atoms with Gasteiger partial charge in [-0.3, -0.25) is 0 Å². The van der Waals surface area contributed by atoms with Crippen molar-refractivity contribution in [1.82, 2.24) is 29.6 Å². The van der Waals surface area contributed by atoms with Gasteiger partial charge >= 0.3 is 22.3 Å². The Hall–Kier alpha value is -2.93. The predicted octanol–water partition coefficient (Wildman–Crippen LogP) is -0.485. The monoisotopic (exact) mass is 382 g/mol. The highest BCUT2D eigenvalue weighted by Crippen LogP contribution is 2.15. The van der Waals surface area contributed by atoms with Crippen LogP contribution in [-0.2, 0) is 16.8 Å². The van der Waals surface area contributed by atoms with Gasteiger partial charge < -0.3 is 10.5 Å². The summed E-state index contributed by atoms with van der Waals surface area (Å²) in [6, 6.07) is 0.284. The minimum Gasteiger partial charge on any atom is -0.467 e. The molecule has 0 saturated carbocycles. The number of nitrogens with two attached hydrogens (primary N) is 1. The molecule has 0 saturated heterocycles. The van der Waals surface area contributed by atoms with Crippen molar-refractivity contribution in [3.8, 4) is 6.01 Å². The average Bonchev–Trinajstić information content (AvgIpc) is 2.51. The van der Waals surface area contributed by atoms with E-state index in [4.69, 9.17) is 10.5 Å². The molecule has 0 aliphatic rings. The topological polar surface area (TPSA) is 166 Å². The summed E-state index contributed by atoms with van der Waals surface area (Å²) in [4.78, 5) is 31.4. The lowest BCUT2D eigenvalue weighted by Crippen LogP contribution is -2.48. The first-order valence-electron chi connectivity index (χ1n) is 7.29. The van der Waals surface area contributed by atoms with Crippen LogP contribution >= 0.6 is 0 Å². The summed E-state index contributed by atoms with van der Waals surface area (Å²) >= 11 is 0. The van der Waals surface area contributed by atoms with Crippen molar-refractivity contribution in [1.29, 1.82) is 0 Å². The number of anilines is 1. The highest BCUT2D eigenvalue weighted by Gasteiger charge is 2.31. The Bertz CT molecular complexity index is 913. The molecule has 2 aromatic heterocycles. The van der Waals surface area contributed by atoms with Crippen LogP contribution in [0.2, 0.25) is 0 Å². The molecule has 12 nitrogen and oxygen atoms in total. The number of hydrogen-bond donors (Lipinski definition) is 2. The van der Waals surface area contributed by atoms with Crippen LogP contribution in [0.15, 0.2) is 6.07 Å². The second kappa shape index (κ2) is 7.53. The van der Waals surface area contributed by atoms with Crippen LogP contribution in [-0.4, -0.2) is 46.5 Å². The molecular weight excluding hydrogens is 364 g/mol. The minimum absolute atomic E-state index is 0.144. The number of urea groups is 1. The fourth-order valence-electron chi connectivity index (χ4n) is 2.05. The van der Waals surface area contributed by atoms with Crippen LogP contribution in [0.25, 0.3) is 0 Å². The molecule has 0 bridgehead atoms. The smallest absolute Gasteiger partial charge is 0.336 e. The first-order valence-corrected chi connectivity index (χ1v) is 8.73. The van der Waals surface area contributed by atoms with Crippen LogP contribution in [0.5, 0.6) is 6.01 Å². The van der Waals surface area contributed by atoms with E-state index < -0.39 is 22.2 Å². The number of aromatic nitrogens is 5. The van der Waals surface area contributed by atoms with Gasteiger partial charge in [0.2, 0.25) is 0 Å². The number of carbonyl (C=O) groups is 1. The van der Waals surface area contributed by atoms with E-state index >= 15 is 0 Å². The molecule has 0 aromatic carbocycles. The van der Waals surface area contributed by atoms with E-state index in [1.807, 2.05) is 0 Å². The first kappa shape index (κ1) is 19.4. The van der Waals surface area contributed by atoms with Crippen LogP contribution in [0, 0.1) is 20.8 Å². The van der Waals surface area contributed by atoms with E-state index in [2.05, 4.69) is 29.6 Å². The SMILES string of the molecule is COc1nc(C)nc(N(C(N)=O)S(=O)(=O)NCc2nc(C)cc(C)n2)n1. The third kappa shape index (κ3) is 4.58. The number of ether oxygens (including phenoxy) is 1. The summed E-state index contributed by atoms with van der Waals surface area (Å²) in [5, 5.41) is 0. The lowest BCUT2D eigenvalue weighted by Gasteiger charge is -2.18. The number of primary amides is 1. The van der Waals surface area contributed by atoms with Crippen LogP contribution < -0.4 is 19.5 Å². The normalized spacial score (nSPS) is 11.2. The molecule has 2 aromatic rings. The minimum atomic E-state index is -4.42. The predicted molar refractivity (Wildman–Crippen MR) is 90.4 cm³/mol. The lowest BCUT2D eigenvalue weighted by atomic mass is 10.3. The Morgan fingerprint density at radius 2 is 1.77 bits per heavy atom. The van der Waals surface area contributed by atoms with Crippen molar-refractivity contribution >= 4 is 22.2 Å². The number of carbonyl (C=O) groups excluding carboxylic acids is 1. The molecule has 0 aliphatic carbocycles. The standard InChI is InChI=1S/C13H18N8O4S/c1-7-5-8(2)17-10(16-7)6-15-26(23,24)21(11(14)22)12-18-9(3)19-13(20-12)25-4/h5,15H,6H2,1-4H3,(H2,14,22). The van der Waals surface area contributed by atoms with Gasteiger partial charge in [0.25, 0.3) is 5.95 Å². The molecule has 26 heavy (non-hydrogen) atoms. The Labute approximate surface area is 150 Å². The van der Waals surface area contributed by atoms with Gasteiger partial charge in [0.05, 0.1) is 13.7 Å². The van der Waals surface area contributed by atoms with Crippen LogP contribution in [0.4, 0.5) is 10.7 Å². The van der Waals surface area contributed by atoms with Crippen LogP contribution in [0.3, 0.4) is 0 Å². The molecule has 0 spiro atoms. The summed E-state index contributed by atoms with van der Waals surface area (Å²) in [5.41, 5.74) is 6.56. The summed E-state index contributed by atoms with van der Waals surface area (Å²) in [7, 11) is -3.13. The fraction of sp³-hybridized carbons (Fsp3) is 0.385. The van der Waals surface area contributed by atoms with Gasteiger partial charge in [0, 0.05) is 11.4 Å². The highest BCUT2D eigenvalue weighted by atomic mass is 32.2. The maximum atomic E-state index is 12.5. The summed E-state index contributed by atoms with van der Waals surface area (Å²) in [6.07, 6.45) is 0. The number of nitrogens with zero attached hydrogens (tertiary/aromatic N) is 6. The summed E-state index contributed by atoms with van der Waals surface area (Å²) < 4.78 is 32.4. The van der Waals surface area contributed by atoms with Gasteiger partial charge in [-0.15, -0.1) is 4.31 Å². The van der Waals surface area contributed by atoms with E-state index in [0.29, 0.717) is 11.4 Å². The Morgan fingerprint density at radius 3 is 2.31 bits per heavy atom. The zero-order valence-corrected chi connectivity index (χ0v) is 15.4. The molecule has 2 rings (SSSR count). The third-order valence-electron chi connectivity index (χ3n) is 2.96. The lowest BCUT2D eigenvalue weighted by molar-refractivity contribution is 0.256. The van der Waals surface area contributed by atoms with Crippen molar-refractivity contribution in [3.05, 3.63) is 29.1 Å². The molecule has 13 heteroatoms. The average molecular weight is 382 g/mol. The number of nitrogens with one attached hydrogen (secondary N) is 1. The van der Waals surface area contributed by atoms with Gasteiger partial charge in [-0.1, -0.05) is 0 Å². The number of hydrogen-bond acceptors (Lipinski definition) is 9. The molecule has 0 atom stereocenters. The summed E-state index contributed by atoms with van der Waals surface area (Å²) in [6.45, 7) is 4.73. The Morgan fingerprint density at radius 1 is 1.15 bits per heavy atom. The van der Waals surface area contributed by atoms with E-state index in [-0.39, 0.29) is 28.5 Å². The molecule has 0 aliphatic heterocycles. The highest BCUT2D eigenvalue weighted by molar-refractivity contribution is 7.91. The summed E-state index contributed by atoms with van der Waals surface area (Å²) in [5.74, 6) is -0.110. The Balaban J connectivity index is 2.33. The van der Waals surface area contributed by atoms with E-state index in [9.17, 15) is 13.2 Å². The molecule has 2 amide bonds. The molecule has 0 unspecified atom stereocenters. The van der Waals surface area contributed by atoms with Gasteiger partial charge in [-0.25, -0.2) is 14.8 Å². The van der Waals surface area contributed by atoms with E-state index in [0.717, 1.165) is 0 Å². The second-order valence-corrected chi connectivity index (χ2v) is 6.77. The van der Waals surface area contributed by atoms with E-state index in [1.165, 1.54) is 14.0 Å². The molecule has 0 radical (unpaired) electrons. The first-order chi connectivity index (χ1) is 12.1. The Kier molecular flexibility index (Phi) is 5.62. The quantitative estimate of drug-likeness (QED) is 0.670. The number of aryl methyl sites for hydroxylation is 3. The van der Waals surface area contributed by atoms with Crippen molar-refractivity contribution in [2.75, 3.05) is 11.4 Å². The van der Waals surface area contributed by atoms with Gasteiger partial charge in [0.1, 0.15) is 11.6 Å². The van der Waals surface area contributed by atoms with Gasteiger partial charge in [-0.05, 0) is 26.8 Å². The third-order valence-corrected chi connectivity index (χ3v) is 4.29. The fourth-order valence-corrected chi connectivity index (χ4v) is 3.02. The maximum Gasteiger partial charge on any atom is 0.336 e.